The van der Waals surface area contributed by atoms with Gasteiger partial charge in [0.15, 0.2) is 0 Å². The quantitative estimate of drug-likeness (QED) is 0.638. The van der Waals surface area contributed by atoms with Crippen LogP contribution in [0.2, 0.25) is 0 Å². The van der Waals surface area contributed by atoms with Crippen LogP contribution in [0.1, 0.15) is 12.8 Å². The molecule has 1 N–H and O–H groups in total. The molecule has 5 heteroatoms. The third kappa shape index (κ3) is 3.57. The highest BCUT2D eigenvalue weighted by Crippen LogP contribution is 2.21. The first-order valence-corrected chi connectivity index (χ1v) is 3.53. The fourth-order valence-corrected chi connectivity index (χ4v) is 1.11. The van der Waals surface area contributed by atoms with Gasteiger partial charge in [0.05, 0.1) is 6.10 Å². The second-order valence-electron chi connectivity index (χ2n) is 2.53. The molecule has 1 atom stereocenters. The van der Waals surface area contributed by atoms with Gasteiger partial charge in [-0.2, -0.15) is 0 Å². The number of halogens is 3. The molecular formula is C6H10F3NO. The van der Waals surface area contributed by atoms with E-state index in [-0.39, 0.29) is 0 Å². The lowest BCUT2D eigenvalue weighted by Crippen LogP contribution is -2.38. The van der Waals surface area contributed by atoms with E-state index in [1.807, 2.05) is 0 Å². The molecule has 0 spiro atoms. The molecule has 0 bridgehead atoms. The van der Waals surface area contributed by atoms with E-state index >= 15 is 0 Å². The fourth-order valence-electron chi connectivity index (χ4n) is 1.11. The van der Waals surface area contributed by atoms with E-state index in [4.69, 9.17) is 0 Å². The third-order valence-corrected chi connectivity index (χ3v) is 1.55. The van der Waals surface area contributed by atoms with E-state index in [1.165, 1.54) is 0 Å². The predicted octanol–water partition coefficient (Wildman–Crippen LogP) is 1.27. The van der Waals surface area contributed by atoms with Crippen molar-refractivity contribution in [2.45, 2.75) is 25.3 Å². The molecule has 1 aliphatic rings. The minimum Gasteiger partial charge on any atom is -0.314 e. The van der Waals surface area contributed by atoms with Crippen LogP contribution in [0.5, 0.6) is 0 Å². The summed E-state index contributed by atoms with van der Waals surface area (Å²) < 4.78 is 38.6. The predicted molar refractivity (Wildman–Crippen MR) is 33.0 cm³/mol. The number of alkyl halides is 3. The van der Waals surface area contributed by atoms with Crippen molar-refractivity contribution < 1.29 is 17.9 Å². The normalized spacial score (nSPS) is 27.0. The van der Waals surface area contributed by atoms with Crippen LogP contribution in [0.3, 0.4) is 0 Å². The van der Waals surface area contributed by atoms with Gasteiger partial charge in [-0.1, -0.05) is 0 Å². The second-order valence-corrected chi connectivity index (χ2v) is 2.53. The van der Waals surface area contributed by atoms with Crippen LogP contribution >= 0.6 is 0 Å². The van der Waals surface area contributed by atoms with Gasteiger partial charge in [-0.25, -0.2) is 0 Å². The van der Waals surface area contributed by atoms with E-state index in [1.54, 1.807) is 0 Å². The Morgan fingerprint density at radius 1 is 1.36 bits per heavy atom. The van der Waals surface area contributed by atoms with Gasteiger partial charge < -0.3 is 5.32 Å². The maximum absolute atomic E-state index is 11.6. The van der Waals surface area contributed by atoms with Gasteiger partial charge in [-0.3, -0.25) is 4.74 Å². The summed E-state index contributed by atoms with van der Waals surface area (Å²) in [6, 6.07) is 0. The van der Waals surface area contributed by atoms with E-state index in [0.717, 1.165) is 13.0 Å². The van der Waals surface area contributed by atoms with Crippen LogP contribution in [0, 0.1) is 0 Å². The van der Waals surface area contributed by atoms with Crippen LogP contribution in [0.25, 0.3) is 0 Å². The topological polar surface area (TPSA) is 21.3 Å². The molecule has 0 aliphatic carbocycles. The molecule has 0 aromatic carbocycles. The minimum absolute atomic E-state index is 0.305. The largest absolute Gasteiger partial charge is 0.522 e. The molecule has 0 aromatic heterocycles. The molecule has 1 unspecified atom stereocenters. The number of ether oxygens (including phenoxy) is 1. The van der Waals surface area contributed by atoms with Crippen LogP contribution < -0.4 is 5.32 Å². The van der Waals surface area contributed by atoms with Crippen LogP contribution in [-0.4, -0.2) is 25.6 Å². The van der Waals surface area contributed by atoms with Crippen molar-refractivity contribution in [2.24, 2.45) is 0 Å². The average molecular weight is 169 g/mol. The SMILES string of the molecule is FC(F)(F)OC1CCCNC1. The van der Waals surface area contributed by atoms with Crippen molar-refractivity contribution >= 4 is 0 Å². The Morgan fingerprint density at radius 2 is 2.09 bits per heavy atom. The molecule has 1 heterocycles. The summed E-state index contributed by atoms with van der Waals surface area (Å²) in [5.74, 6) is 0. The maximum atomic E-state index is 11.6. The van der Waals surface area contributed by atoms with Gasteiger partial charge in [-0.05, 0) is 19.4 Å². The Kier molecular flexibility index (Phi) is 2.72. The van der Waals surface area contributed by atoms with Crippen LogP contribution in [0.15, 0.2) is 0 Å². The van der Waals surface area contributed by atoms with E-state index in [0.29, 0.717) is 13.0 Å². The van der Waals surface area contributed by atoms with Crippen molar-refractivity contribution in [1.29, 1.82) is 0 Å². The highest BCUT2D eigenvalue weighted by Gasteiger charge is 2.33. The molecular weight excluding hydrogens is 159 g/mol. The van der Waals surface area contributed by atoms with Gasteiger partial charge in [0.1, 0.15) is 0 Å². The molecule has 11 heavy (non-hydrogen) atoms. The first-order valence-electron chi connectivity index (χ1n) is 3.53. The van der Waals surface area contributed by atoms with E-state index in [2.05, 4.69) is 10.1 Å². The molecule has 0 aromatic rings. The lowest BCUT2D eigenvalue weighted by atomic mass is 10.1. The van der Waals surface area contributed by atoms with E-state index in [9.17, 15) is 13.2 Å². The Labute approximate surface area is 62.7 Å². The van der Waals surface area contributed by atoms with Gasteiger partial charge >= 0.3 is 6.36 Å². The van der Waals surface area contributed by atoms with Crippen molar-refractivity contribution in [3.05, 3.63) is 0 Å². The van der Waals surface area contributed by atoms with Gasteiger partial charge in [-0.15, -0.1) is 13.2 Å². The summed E-state index contributed by atoms with van der Waals surface area (Å²) in [6.45, 7) is 1.09. The van der Waals surface area contributed by atoms with E-state index < -0.39 is 12.5 Å². The molecule has 2 nitrogen and oxygen atoms in total. The zero-order valence-electron chi connectivity index (χ0n) is 5.95. The zero-order valence-corrected chi connectivity index (χ0v) is 5.95. The van der Waals surface area contributed by atoms with Gasteiger partial charge in [0, 0.05) is 6.54 Å². The lowest BCUT2D eigenvalue weighted by molar-refractivity contribution is -0.343. The smallest absolute Gasteiger partial charge is 0.314 e. The fraction of sp³-hybridized carbons (Fsp3) is 1.00. The van der Waals surface area contributed by atoms with Gasteiger partial charge in [0.2, 0.25) is 0 Å². The average Bonchev–Trinajstić information content (AvgIpc) is 1.85. The Balaban J connectivity index is 2.24. The Morgan fingerprint density at radius 3 is 2.55 bits per heavy atom. The number of hydrogen-bond acceptors (Lipinski definition) is 2. The molecule has 0 radical (unpaired) electrons. The second kappa shape index (κ2) is 3.40. The number of hydrogen-bond donors (Lipinski definition) is 1. The molecule has 1 saturated heterocycles. The number of nitrogens with one attached hydrogen (secondary N) is 1. The van der Waals surface area contributed by atoms with Crippen molar-refractivity contribution in [2.75, 3.05) is 13.1 Å². The molecule has 0 saturated carbocycles. The van der Waals surface area contributed by atoms with Crippen molar-refractivity contribution in [3.63, 3.8) is 0 Å². The number of rotatable bonds is 1. The molecule has 1 rings (SSSR count). The first-order chi connectivity index (χ1) is 5.08. The lowest BCUT2D eigenvalue weighted by Gasteiger charge is -2.23. The molecule has 1 fully saturated rings. The van der Waals surface area contributed by atoms with Crippen LogP contribution in [0.4, 0.5) is 13.2 Å². The summed E-state index contributed by atoms with van der Waals surface area (Å²) in [4.78, 5) is 0. The maximum Gasteiger partial charge on any atom is 0.522 e. The summed E-state index contributed by atoms with van der Waals surface area (Å²) in [7, 11) is 0. The zero-order chi connectivity index (χ0) is 8.32. The summed E-state index contributed by atoms with van der Waals surface area (Å²) in [6.07, 6.45) is -3.93. The first kappa shape index (κ1) is 8.80. The molecule has 1 aliphatic heterocycles. The highest BCUT2D eigenvalue weighted by molar-refractivity contribution is 4.68. The third-order valence-electron chi connectivity index (χ3n) is 1.55. The van der Waals surface area contributed by atoms with Gasteiger partial charge in [0.25, 0.3) is 0 Å². The summed E-state index contributed by atoms with van der Waals surface area (Å²) in [5, 5.41) is 2.83. The number of piperidine rings is 1. The molecule has 66 valence electrons. The van der Waals surface area contributed by atoms with Crippen molar-refractivity contribution in [1.82, 2.24) is 5.32 Å². The minimum atomic E-state index is -4.48. The highest BCUT2D eigenvalue weighted by atomic mass is 19.4. The Bertz CT molecular complexity index is 119. The summed E-state index contributed by atoms with van der Waals surface area (Å²) >= 11 is 0. The van der Waals surface area contributed by atoms with Crippen LogP contribution in [-0.2, 0) is 4.74 Å². The van der Waals surface area contributed by atoms with Crippen molar-refractivity contribution in [3.8, 4) is 0 Å². The molecule has 0 amide bonds. The summed E-state index contributed by atoms with van der Waals surface area (Å²) in [5.41, 5.74) is 0. The monoisotopic (exact) mass is 169 g/mol. The standard InChI is InChI=1S/C6H10F3NO/c7-6(8,9)11-5-2-1-3-10-4-5/h5,10H,1-4H2. The Hall–Kier alpha value is -0.290.